The third-order valence-corrected chi connectivity index (χ3v) is 5.14. The summed E-state index contributed by atoms with van der Waals surface area (Å²) in [5.74, 6) is 3.55. The van der Waals surface area contributed by atoms with Gasteiger partial charge in [-0.05, 0) is 49.5 Å². The third-order valence-electron chi connectivity index (χ3n) is 5.14. The average Bonchev–Trinajstić information content (AvgIpc) is 2.37. The van der Waals surface area contributed by atoms with Crippen LogP contribution in [0.15, 0.2) is 0 Å². The molecular formula is C19H39N. The molecule has 0 aromatic carbocycles. The molecule has 1 fully saturated rings. The van der Waals surface area contributed by atoms with Gasteiger partial charge < -0.3 is 5.32 Å². The van der Waals surface area contributed by atoms with Crippen LogP contribution in [0.2, 0.25) is 0 Å². The lowest BCUT2D eigenvalue weighted by atomic mass is 9.74. The number of unbranched alkanes of at least 4 members (excludes halogenated alkanes) is 3. The summed E-state index contributed by atoms with van der Waals surface area (Å²) in [6, 6.07) is 0.786. The van der Waals surface area contributed by atoms with Gasteiger partial charge in [0.25, 0.3) is 0 Å². The lowest BCUT2D eigenvalue weighted by Crippen LogP contribution is -2.43. The van der Waals surface area contributed by atoms with E-state index in [1.165, 1.54) is 57.9 Å². The van der Waals surface area contributed by atoms with Crippen molar-refractivity contribution < 1.29 is 0 Å². The zero-order valence-electron chi connectivity index (χ0n) is 14.8. The first kappa shape index (κ1) is 18.0. The Labute approximate surface area is 128 Å². The van der Waals surface area contributed by atoms with Crippen molar-refractivity contribution in [2.45, 2.75) is 92.0 Å². The Morgan fingerprint density at radius 2 is 1.65 bits per heavy atom. The van der Waals surface area contributed by atoms with E-state index in [2.05, 4.69) is 39.9 Å². The first-order chi connectivity index (χ1) is 9.50. The zero-order valence-corrected chi connectivity index (χ0v) is 14.8. The minimum Gasteiger partial charge on any atom is -0.314 e. The van der Waals surface area contributed by atoms with Crippen molar-refractivity contribution in [2.75, 3.05) is 6.54 Å². The maximum atomic E-state index is 3.88. The second kappa shape index (κ2) is 9.82. The van der Waals surface area contributed by atoms with E-state index in [1.807, 2.05) is 0 Å². The van der Waals surface area contributed by atoms with Crippen molar-refractivity contribution in [1.82, 2.24) is 5.32 Å². The van der Waals surface area contributed by atoms with Crippen molar-refractivity contribution in [3.05, 3.63) is 0 Å². The predicted octanol–water partition coefficient (Wildman–Crippen LogP) is 5.64. The molecule has 1 heteroatoms. The van der Waals surface area contributed by atoms with Crippen LogP contribution in [0.5, 0.6) is 0 Å². The molecular weight excluding hydrogens is 242 g/mol. The van der Waals surface area contributed by atoms with Gasteiger partial charge in [0.15, 0.2) is 0 Å². The molecule has 3 atom stereocenters. The van der Waals surface area contributed by atoms with E-state index in [9.17, 15) is 0 Å². The Balaban J connectivity index is 2.12. The highest BCUT2D eigenvalue weighted by atomic mass is 14.9. The molecule has 120 valence electrons. The summed E-state index contributed by atoms with van der Waals surface area (Å²) in [6.45, 7) is 13.1. The number of hydrogen-bond acceptors (Lipinski definition) is 1. The van der Waals surface area contributed by atoms with Crippen LogP contribution in [-0.2, 0) is 0 Å². The van der Waals surface area contributed by atoms with E-state index in [0.29, 0.717) is 0 Å². The molecule has 1 aliphatic rings. The highest BCUT2D eigenvalue weighted by Crippen LogP contribution is 2.33. The highest BCUT2D eigenvalue weighted by molar-refractivity contribution is 4.85. The van der Waals surface area contributed by atoms with Crippen molar-refractivity contribution in [1.29, 1.82) is 0 Å². The summed E-state index contributed by atoms with van der Waals surface area (Å²) in [5, 5.41) is 3.88. The summed E-state index contributed by atoms with van der Waals surface area (Å²) >= 11 is 0. The van der Waals surface area contributed by atoms with Crippen molar-refractivity contribution >= 4 is 0 Å². The molecule has 20 heavy (non-hydrogen) atoms. The Kier molecular flexibility index (Phi) is 8.84. The van der Waals surface area contributed by atoms with E-state index < -0.39 is 0 Å². The van der Waals surface area contributed by atoms with Gasteiger partial charge in [-0.1, -0.05) is 66.7 Å². The Bertz CT molecular complexity index is 234. The largest absolute Gasteiger partial charge is 0.314 e. The predicted molar refractivity (Wildman–Crippen MR) is 91.1 cm³/mol. The van der Waals surface area contributed by atoms with Crippen LogP contribution in [-0.4, -0.2) is 12.6 Å². The van der Waals surface area contributed by atoms with Crippen LogP contribution >= 0.6 is 0 Å². The molecule has 0 bridgehead atoms. The van der Waals surface area contributed by atoms with Crippen LogP contribution in [0.4, 0.5) is 0 Å². The first-order valence-corrected chi connectivity index (χ1v) is 9.24. The standard InChI is InChI=1S/C19H39N/c1-15(2)10-8-6-7-9-13-20-19-14-17(5)11-12-18(19)16(3)4/h15-20H,6-14H2,1-5H3. The van der Waals surface area contributed by atoms with Crippen molar-refractivity contribution in [3.63, 3.8) is 0 Å². The molecule has 0 radical (unpaired) electrons. The van der Waals surface area contributed by atoms with Gasteiger partial charge in [0, 0.05) is 6.04 Å². The minimum atomic E-state index is 0.786. The summed E-state index contributed by atoms with van der Waals surface area (Å²) in [6.07, 6.45) is 11.3. The van der Waals surface area contributed by atoms with E-state index in [0.717, 1.165) is 29.7 Å². The molecule has 1 nitrogen and oxygen atoms in total. The molecule has 0 aromatic rings. The molecule has 0 spiro atoms. The van der Waals surface area contributed by atoms with Crippen molar-refractivity contribution in [2.24, 2.45) is 23.7 Å². The summed E-state index contributed by atoms with van der Waals surface area (Å²) in [4.78, 5) is 0. The SMILES string of the molecule is CC(C)CCCCCCNC1CC(C)CCC1C(C)C. The number of hydrogen-bond donors (Lipinski definition) is 1. The molecule has 0 aromatic heterocycles. The lowest BCUT2D eigenvalue weighted by molar-refractivity contribution is 0.170. The normalized spacial score (nSPS) is 27.4. The summed E-state index contributed by atoms with van der Waals surface area (Å²) < 4.78 is 0. The van der Waals surface area contributed by atoms with Crippen molar-refractivity contribution in [3.8, 4) is 0 Å². The topological polar surface area (TPSA) is 12.0 Å². The quantitative estimate of drug-likeness (QED) is 0.539. The Morgan fingerprint density at radius 3 is 2.30 bits per heavy atom. The third kappa shape index (κ3) is 7.11. The van der Waals surface area contributed by atoms with E-state index in [-0.39, 0.29) is 0 Å². The van der Waals surface area contributed by atoms with Gasteiger partial charge in [-0.25, -0.2) is 0 Å². The monoisotopic (exact) mass is 281 g/mol. The smallest absolute Gasteiger partial charge is 0.0100 e. The molecule has 0 amide bonds. The molecule has 1 saturated carbocycles. The lowest BCUT2D eigenvalue weighted by Gasteiger charge is -2.38. The van der Waals surface area contributed by atoms with Gasteiger partial charge in [-0.3, -0.25) is 0 Å². The summed E-state index contributed by atoms with van der Waals surface area (Å²) in [7, 11) is 0. The molecule has 0 aliphatic heterocycles. The Morgan fingerprint density at radius 1 is 0.950 bits per heavy atom. The molecule has 0 saturated heterocycles. The maximum absolute atomic E-state index is 3.88. The molecule has 1 rings (SSSR count). The Hall–Kier alpha value is -0.0400. The maximum Gasteiger partial charge on any atom is 0.0100 e. The fourth-order valence-corrected chi connectivity index (χ4v) is 3.76. The molecule has 1 N–H and O–H groups in total. The van der Waals surface area contributed by atoms with E-state index >= 15 is 0 Å². The number of rotatable bonds is 9. The second-order valence-electron chi connectivity index (χ2n) is 7.98. The molecule has 0 heterocycles. The van der Waals surface area contributed by atoms with Crippen LogP contribution in [0, 0.1) is 23.7 Å². The van der Waals surface area contributed by atoms with E-state index in [1.54, 1.807) is 0 Å². The van der Waals surface area contributed by atoms with Crippen LogP contribution < -0.4 is 5.32 Å². The summed E-state index contributed by atoms with van der Waals surface area (Å²) in [5.41, 5.74) is 0. The molecule has 3 unspecified atom stereocenters. The van der Waals surface area contributed by atoms with Crippen LogP contribution in [0.1, 0.15) is 86.0 Å². The number of nitrogens with one attached hydrogen (secondary N) is 1. The van der Waals surface area contributed by atoms with Gasteiger partial charge in [0.1, 0.15) is 0 Å². The highest BCUT2D eigenvalue weighted by Gasteiger charge is 2.29. The van der Waals surface area contributed by atoms with Crippen LogP contribution in [0.3, 0.4) is 0 Å². The van der Waals surface area contributed by atoms with Crippen LogP contribution in [0.25, 0.3) is 0 Å². The molecule has 1 aliphatic carbocycles. The van der Waals surface area contributed by atoms with Gasteiger partial charge in [-0.2, -0.15) is 0 Å². The van der Waals surface area contributed by atoms with Gasteiger partial charge >= 0.3 is 0 Å². The van der Waals surface area contributed by atoms with Gasteiger partial charge in [-0.15, -0.1) is 0 Å². The fraction of sp³-hybridized carbons (Fsp3) is 1.00. The first-order valence-electron chi connectivity index (χ1n) is 9.24. The van der Waals surface area contributed by atoms with Gasteiger partial charge in [0.05, 0.1) is 0 Å². The second-order valence-corrected chi connectivity index (χ2v) is 7.98. The zero-order chi connectivity index (χ0) is 15.0. The average molecular weight is 282 g/mol. The fourth-order valence-electron chi connectivity index (χ4n) is 3.76. The van der Waals surface area contributed by atoms with Gasteiger partial charge in [0.2, 0.25) is 0 Å². The minimum absolute atomic E-state index is 0.786. The van der Waals surface area contributed by atoms with E-state index in [4.69, 9.17) is 0 Å².